The first-order chi connectivity index (χ1) is 12.8. The van der Waals surface area contributed by atoms with Crippen molar-refractivity contribution in [1.82, 2.24) is 14.8 Å². The third-order valence-electron chi connectivity index (χ3n) is 4.35. The van der Waals surface area contributed by atoms with E-state index >= 15 is 0 Å². The van der Waals surface area contributed by atoms with Gasteiger partial charge in [-0.25, -0.2) is 0 Å². The van der Waals surface area contributed by atoms with Crippen LogP contribution in [0.3, 0.4) is 0 Å². The Balaban J connectivity index is 1.37. The maximum atomic E-state index is 12.5. The van der Waals surface area contributed by atoms with Gasteiger partial charge < -0.3 is 4.42 Å². The minimum absolute atomic E-state index is 0.0331. The van der Waals surface area contributed by atoms with E-state index in [9.17, 15) is 4.79 Å². The van der Waals surface area contributed by atoms with Gasteiger partial charge in [-0.2, -0.15) is 0 Å². The Labute approximate surface area is 158 Å². The molecule has 3 aromatic heterocycles. The van der Waals surface area contributed by atoms with Crippen molar-refractivity contribution in [3.63, 3.8) is 0 Å². The summed E-state index contributed by atoms with van der Waals surface area (Å²) in [5.74, 6) is 1.56. The second kappa shape index (κ2) is 6.41. The van der Waals surface area contributed by atoms with Crippen LogP contribution in [0.25, 0.3) is 21.7 Å². The molecule has 26 heavy (non-hydrogen) atoms. The standard InChI is InChI=1S/C19H15N3O2S2/c23-14(16-10-12-4-1-2-5-15(12)24-16)11-26-19-21-20-18(17-6-3-9-25-17)22(19)13-7-8-13/h1-6,9-10,13H,7-8,11H2. The van der Waals surface area contributed by atoms with E-state index in [1.54, 1.807) is 17.4 Å². The molecule has 5 rings (SSSR count). The number of nitrogens with zero attached hydrogens (tertiary/aromatic N) is 3. The molecule has 0 amide bonds. The van der Waals surface area contributed by atoms with Crippen molar-refractivity contribution in [3.05, 3.63) is 53.6 Å². The number of carbonyl (C=O) groups is 1. The first-order valence-corrected chi connectivity index (χ1v) is 10.3. The van der Waals surface area contributed by atoms with Crippen LogP contribution in [0.4, 0.5) is 0 Å². The molecule has 0 aliphatic heterocycles. The maximum absolute atomic E-state index is 12.5. The van der Waals surface area contributed by atoms with Crippen molar-refractivity contribution in [2.24, 2.45) is 0 Å². The molecule has 1 aliphatic carbocycles. The number of rotatable bonds is 6. The highest BCUT2D eigenvalue weighted by atomic mass is 32.2. The number of thioether (sulfide) groups is 1. The molecule has 0 radical (unpaired) electrons. The minimum Gasteiger partial charge on any atom is -0.453 e. The van der Waals surface area contributed by atoms with E-state index in [1.807, 2.05) is 35.7 Å². The number of fused-ring (bicyclic) bond motifs is 1. The van der Waals surface area contributed by atoms with Crippen molar-refractivity contribution in [3.8, 4) is 10.7 Å². The smallest absolute Gasteiger partial charge is 0.208 e. The summed E-state index contributed by atoms with van der Waals surface area (Å²) >= 11 is 3.09. The molecule has 130 valence electrons. The molecule has 1 saturated carbocycles. The summed E-state index contributed by atoms with van der Waals surface area (Å²) in [6.07, 6.45) is 2.28. The fraction of sp³-hybridized carbons (Fsp3) is 0.211. The van der Waals surface area contributed by atoms with Gasteiger partial charge in [-0.05, 0) is 36.4 Å². The summed E-state index contributed by atoms with van der Waals surface area (Å²) in [7, 11) is 0. The molecular formula is C19H15N3O2S2. The van der Waals surface area contributed by atoms with Gasteiger partial charge in [0, 0.05) is 11.4 Å². The molecule has 0 bridgehead atoms. The van der Waals surface area contributed by atoms with Gasteiger partial charge in [-0.15, -0.1) is 21.5 Å². The molecule has 7 heteroatoms. The largest absolute Gasteiger partial charge is 0.453 e. The first-order valence-electron chi connectivity index (χ1n) is 8.43. The third kappa shape index (κ3) is 2.87. The van der Waals surface area contributed by atoms with Crippen LogP contribution >= 0.6 is 23.1 Å². The molecule has 1 aromatic carbocycles. The lowest BCUT2D eigenvalue weighted by Gasteiger charge is -2.06. The van der Waals surface area contributed by atoms with Gasteiger partial charge in [0.1, 0.15) is 5.58 Å². The van der Waals surface area contributed by atoms with Crippen LogP contribution in [0, 0.1) is 0 Å². The summed E-state index contributed by atoms with van der Waals surface area (Å²) < 4.78 is 7.85. The second-order valence-electron chi connectivity index (χ2n) is 6.24. The van der Waals surface area contributed by atoms with Gasteiger partial charge in [-0.3, -0.25) is 9.36 Å². The molecule has 0 N–H and O–H groups in total. The summed E-state index contributed by atoms with van der Waals surface area (Å²) in [4.78, 5) is 13.7. The Morgan fingerprint density at radius 1 is 1.23 bits per heavy atom. The Bertz CT molecular complexity index is 1040. The van der Waals surface area contributed by atoms with Crippen molar-refractivity contribution in [1.29, 1.82) is 0 Å². The average Bonchev–Trinajstić information content (AvgIpc) is 3.08. The van der Waals surface area contributed by atoms with E-state index in [0.717, 1.165) is 39.7 Å². The van der Waals surface area contributed by atoms with Gasteiger partial charge in [0.25, 0.3) is 0 Å². The third-order valence-corrected chi connectivity index (χ3v) is 6.16. The van der Waals surface area contributed by atoms with Crippen LogP contribution in [0.1, 0.15) is 29.4 Å². The second-order valence-corrected chi connectivity index (χ2v) is 8.14. The predicted molar refractivity (Wildman–Crippen MR) is 103 cm³/mol. The van der Waals surface area contributed by atoms with Crippen LogP contribution in [-0.4, -0.2) is 26.3 Å². The molecular weight excluding hydrogens is 366 g/mol. The zero-order valence-electron chi connectivity index (χ0n) is 13.8. The molecule has 0 atom stereocenters. The summed E-state index contributed by atoms with van der Waals surface area (Å²) in [5, 5.41) is 12.5. The number of para-hydroxylation sites is 1. The molecule has 0 spiro atoms. The lowest BCUT2D eigenvalue weighted by molar-refractivity contribution is 0.0994. The lowest BCUT2D eigenvalue weighted by atomic mass is 10.2. The fourth-order valence-corrected chi connectivity index (χ4v) is 4.51. The molecule has 4 aromatic rings. The monoisotopic (exact) mass is 381 g/mol. The number of carbonyl (C=O) groups excluding carboxylic acids is 1. The summed E-state index contributed by atoms with van der Waals surface area (Å²) in [6, 6.07) is 14.0. The molecule has 1 aliphatic rings. The zero-order valence-corrected chi connectivity index (χ0v) is 15.4. The number of Topliss-reactive ketones (excluding diaryl/α,β-unsaturated/α-hetero) is 1. The van der Waals surface area contributed by atoms with Crippen LogP contribution < -0.4 is 0 Å². The van der Waals surface area contributed by atoms with E-state index in [4.69, 9.17) is 4.42 Å². The van der Waals surface area contributed by atoms with E-state index in [1.165, 1.54) is 11.8 Å². The Morgan fingerprint density at radius 2 is 2.12 bits per heavy atom. The van der Waals surface area contributed by atoms with Crippen LogP contribution in [0.15, 0.2) is 57.4 Å². The molecule has 0 saturated heterocycles. The Morgan fingerprint density at radius 3 is 2.88 bits per heavy atom. The van der Waals surface area contributed by atoms with E-state index in [0.29, 0.717) is 11.8 Å². The summed E-state index contributed by atoms with van der Waals surface area (Å²) in [6.45, 7) is 0. The zero-order chi connectivity index (χ0) is 17.5. The van der Waals surface area contributed by atoms with Crippen LogP contribution in [0.2, 0.25) is 0 Å². The van der Waals surface area contributed by atoms with Crippen molar-refractivity contribution in [2.75, 3.05) is 5.75 Å². The molecule has 0 unspecified atom stereocenters. The Kier molecular flexibility index (Phi) is 3.90. The van der Waals surface area contributed by atoms with E-state index in [2.05, 4.69) is 20.8 Å². The SMILES string of the molecule is O=C(CSc1nnc(-c2cccs2)n1C1CC1)c1cc2ccccc2o1. The number of furan rings is 1. The molecule has 3 heterocycles. The highest BCUT2D eigenvalue weighted by molar-refractivity contribution is 7.99. The van der Waals surface area contributed by atoms with E-state index < -0.39 is 0 Å². The molecule has 5 nitrogen and oxygen atoms in total. The fourth-order valence-electron chi connectivity index (χ4n) is 2.93. The maximum Gasteiger partial charge on any atom is 0.208 e. The van der Waals surface area contributed by atoms with Crippen molar-refractivity contribution in [2.45, 2.75) is 24.0 Å². The highest BCUT2D eigenvalue weighted by Gasteiger charge is 2.30. The average molecular weight is 381 g/mol. The van der Waals surface area contributed by atoms with Gasteiger partial charge in [0.05, 0.1) is 10.6 Å². The number of hydrogen-bond acceptors (Lipinski definition) is 6. The topological polar surface area (TPSA) is 60.9 Å². The Hall–Kier alpha value is -2.38. The quantitative estimate of drug-likeness (QED) is 0.345. The minimum atomic E-state index is -0.0331. The van der Waals surface area contributed by atoms with Gasteiger partial charge in [0.2, 0.25) is 5.78 Å². The van der Waals surface area contributed by atoms with Crippen LogP contribution in [0.5, 0.6) is 0 Å². The lowest BCUT2D eigenvalue weighted by Crippen LogP contribution is -2.04. The van der Waals surface area contributed by atoms with E-state index in [-0.39, 0.29) is 11.5 Å². The number of aromatic nitrogens is 3. The normalized spacial score (nSPS) is 14.2. The molecule has 1 fully saturated rings. The van der Waals surface area contributed by atoms with Crippen molar-refractivity contribution >= 4 is 39.9 Å². The first kappa shape index (κ1) is 15.8. The van der Waals surface area contributed by atoms with Crippen LogP contribution in [-0.2, 0) is 0 Å². The van der Waals surface area contributed by atoms with Gasteiger partial charge >= 0.3 is 0 Å². The number of hydrogen-bond donors (Lipinski definition) is 0. The van der Waals surface area contributed by atoms with Crippen molar-refractivity contribution < 1.29 is 9.21 Å². The highest BCUT2D eigenvalue weighted by Crippen LogP contribution is 2.41. The van der Waals surface area contributed by atoms with Gasteiger partial charge in [0.15, 0.2) is 16.7 Å². The number of benzene rings is 1. The number of ketones is 1. The predicted octanol–water partition coefficient (Wildman–Crippen LogP) is 5.06. The summed E-state index contributed by atoms with van der Waals surface area (Å²) in [5.41, 5.74) is 0.738. The number of thiophene rings is 1. The van der Waals surface area contributed by atoms with Gasteiger partial charge in [-0.1, -0.05) is 36.0 Å².